The molecule has 110 valence electrons. The van der Waals surface area contributed by atoms with Gasteiger partial charge in [-0.3, -0.25) is 0 Å². The molecule has 0 aromatic heterocycles. The molecule has 6 heteroatoms. The molecule has 1 unspecified atom stereocenters. The van der Waals surface area contributed by atoms with Crippen LogP contribution in [0.4, 0.5) is 0 Å². The largest absolute Gasteiger partial charge is 1.00 e. The Kier molecular flexibility index (Phi) is 16.1. The Balaban J connectivity index is 0. The van der Waals surface area contributed by atoms with Crippen molar-refractivity contribution in [2.45, 2.75) is 76.4 Å². The zero-order valence-electron chi connectivity index (χ0n) is 12.4. The normalized spacial score (nSPS) is 13.0. The van der Waals surface area contributed by atoms with E-state index in [0.29, 0.717) is 12.8 Å². The Morgan fingerprint density at radius 3 is 1.74 bits per heavy atom. The molecule has 0 fully saturated rings. The predicted molar refractivity (Wildman–Crippen MR) is 72.4 cm³/mol. The first-order chi connectivity index (χ1) is 8.52. The second-order valence-electron chi connectivity index (χ2n) is 4.86. The van der Waals surface area contributed by atoms with Crippen LogP contribution in [0.5, 0.6) is 0 Å². The Labute approximate surface area is 140 Å². The first-order valence-electron chi connectivity index (χ1n) is 7.08. The second-order valence-corrected chi connectivity index (χ2v) is 6.52. The second kappa shape index (κ2) is 13.8. The van der Waals surface area contributed by atoms with Gasteiger partial charge in [0.05, 0.1) is 10.1 Å². The minimum absolute atomic E-state index is 0. The standard InChI is InChI=1S/C13H28O4S.Na/c1-2-13(18(15,16)17)11-9-7-5-3-4-6-8-10-12-14;/h13-14H,2-12H2,1H3,(H,15,16,17);/q;+1/p-1. The molecule has 1 atom stereocenters. The van der Waals surface area contributed by atoms with Gasteiger partial charge in [-0.05, 0) is 19.3 Å². The van der Waals surface area contributed by atoms with Crippen LogP contribution in [0.15, 0.2) is 0 Å². The zero-order chi connectivity index (χ0) is 13.9. The summed E-state index contributed by atoms with van der Waals surface area (Å²) in [6, 6.07) is 0. The van der Waals surface area contributed by atoms with Crippen LogP contribution in [0.3, 0.4) is 0 Å². The van der Waals surface area contributed by atoms with E-state index in [4.69, 9.17) is 5.11 Å². The minimum atomic E-state index is -4.10. The maximum absolute atomic E-state index is 10.9. The molecule has 0 amide bonds. The van der Waals surface area contributed by atoms with Crippen molar-refractivity contribution >= 4 is 10.1 Å². The summed E-state index contributed by atoms with van der Waals surface area (Å²) in [4.78, 5) is 0. The van der Waals surface area contributed by atoms with Crippen LogP contribution in [0.25, 0.3) is 0 Å². The van der Waals surface area contributed by atoms with Crippen LogP contribution in [0.2, 0.25) is 0 Å². The number of aliphatic hydroxyl groups excluding tert-OH is 1. The van der Waals surface area contributed by atoms with E-state index >= 15 is 0 Å². The van der Waals surface area contributed by atoms with Crippen molar-refractivity contribution < 1.29 is 47.6 Å². The molecule has 0 aliphatic carbocycles. The number of aliphatic hydroxyl groups is 1. The summed E-state index contributed by atoms with van der Waals surface area (Å²) in [5.74, 6) is 0. The van der Waals surface area contributed by atoms with Crippen LogP contribution >= 0.6 is 0 Å². The van der Waals surface area contributed by atoms with E-state index in [1.165, 1.54) is 6.42 Å². The van der Waals surface area contributed by atoms with E-state index < -0.39 is 15.4 Å². The van der Waals surface area contributed by atoms with Crippen LogP contribution in [-0.4, -0.2) is 29.9 Å². The van der Waals surface area contributed by atoms with Gasteiger partial charge >= 0.3 is 29.6 Å². The summed E-state index contributed by atoms with van der Waals surface area (Å²) < 4.78 is 32.6. The van der Waals surface area contributed by atoms with E-state index in [1.54, 1.807) is 6.92 Å². The summed E-state index contributed by atoms with van der Waals surface area (Å²) in [6.07, 6.45) is 9.34. The van der Waals surface area contributed by atoms with E-state index in [1.807, 2.05) is 0 Å². The third kappa shape index (κ3) is 13.6. The van der Waals surface area contributed by atoms with Crippen LogP contribution in [0, 0.1) is 0 Å². The molecular weight excluding hydrogens is 275 g/mol. The van der Waals surface area contributed by atoms with Gasteiger partial charge in [0, 0.05) is 11.9 Å². The molecule has 0 aliphatic rings. The quantitative estimate of drug-likeness (QED) is 0.308. The van der Waals surface area contributed by atoms with Crippen molar-refractivity contribution in [2.24, 2.45) is 0 Å². The number of unbranched alkanes of at least 4 members (excludes halogenated alkanes) is 7. The molecular formula is C13H27NaO4S. The van der Waals surface area contributed by atoms with E-state index in [-0.39, 0.29) is 36.2 Å². The monoisotopic (exact) mass is 302 g/mol. The predicted octanol–water partition coefficient (Wildman–Crippen LogP) is -0.183. The van der Waals surface area contributed by atoms with Crippen molar-refractivity contribution in [3.05, 3.63) is 0 Å². The molecule has 19 heavy (non-hydrogen) atoms. The SMILES string of the molecule is CCC(CCCCCCCCCCO)S(=O)(=O)[O-].[Na+]. The smallest absolute Gasteiger partial charge is 0.748 e. The summed E-state index contributed by atoms with van der Waals surface area (Å²) in [5.41, 5.74) is 0. The molecule has 0 spiro atoms. The maximum Gasteiger partial charge on any atom is 1.00 e. The first kappa shape index (κ1) is 22.2. The Morgan fingerprint density at radius 2 is 1.37 bits per heavy atom. The average molecular weight is 302 g/mol. The van der Waals surface area contributed by atoms with Crippen molar-refractivity contribution in [1.29, 1.82) is 0 Å². The Morgan fingerprint density at radius 1 is 0.947 bits per heavy atom. The van der Waals surface area contributed by atoms with Gasteiger partial charge in [-0.2, -0.15) is 0 Å². The number of rotatable bonds is 12. The van der Waals surface area contributed by atoms with E-state index in [0.717, 1.165) is 44.9 Å². The van der Waals surface area contributed by atoms with Crippen molar-refractivity contribution in [3.8, 4) is 0 Å². The third-order valence-corrected chi connectivity index (χ3v) is 4.68. The third-order valence-electron chi connectivity index (χ3n) is 3.30. The summed E-state index contributed by atoms with van der Waals surface area (Å²) in [7, 11) is -4.10. The zero-order valence-corrected chi connectivity index (χ0v) is 15.3. The van der Waals surface area contributed by atoms with Gasteiger partial charge in [0.1, 0.15) is 0 Å². The molecule has 0 heterocycles. The fourth-order valence-corrected chi connectivity index (χ4v) is 2.96. The van der Waals surface area contributed by atoms with Crippen molar-refractivity contribution in [2.75, 3.05) is 6.61 Å². The fourth-order valence-electron chi connectivity index (χ4n) is 2.10. The molecule has 0 rings (SSSR count). The summed E-state index contributed by atoms with van der Waals surface area (Å²) >= 11 is 0. The first-order valence-corrected chi connectivity index (χ1v) is 8.55. The molecule has 0 bridgehead atoms. The van der Waals surface area contributed by atoms with Crippen LogP contribution in [-0.2, 0) is 10.1 Å². The van der Waals surface area contributed by atoms with Gasteiger partial charge < -0.3 is 9.66 Å². The molecule has 1 N–H and O–H groups in total. The van der Waals surface area contributed by atoms with Crippen molar-refractivity contribution in [1.82, 2.24) is 0 Å². The summed E-state index contributed by atoms with van der Waals surface area (Å²) in [6.45, 7) is 2.03. The van der Waals surface area contributed by atoms with Gasteiger partial charge in [0.2, 0.25) is 0 Å². The number of hydrogen-bond acceptors (Lipinski definition) is 4. The van der Waals surface area contributed by atoms with Crippen LogP contribution < -0.4 is 29.6 Å². The van der Waals surface area contributed by atoms with Gasteiger partial charge in [0.25, 0.3) is 0 Å². The molecule has 0 radical (unpaired) electrons. The van der Waals surface area contributed by atoms with Gasteiger partial charge in [-0.15, -0.1) is 0 Å². The average Bonchev–Trinajstić information content (AvgIpc) is 2.30. The van der Waals surface area contributed by atoms with Crippen molar-refractivity contribution in [3.63, 3.8) is 0 Å². The molecule has 0 aromatic carbocycles. The van der Waals surface area contributed by atoms with Gasteiger partial charge in [-0.1, -0.05) is 51.9 Å². The molecule has 0 aromatic rings. The van der Waals surface area contributed by atoms with E-state index in [2.05, 4.69) is 0 Å². The van der Waals surface area contributed by atoms with Gasteiger partial charge in [0.15, 0.2) is 0 Å². The van der Waals surface area contributed by atoms with Crippen LogP contribution in [0.1, 0.15) is 71.1 Å². The van der Waals surface area contributed by atoms with E-state index in [9.17, 15) is 13.0 Å². The molecule has 4 nitrogen and oxygen atoms in total. The fraction of sp³-hybridized carbons (Fsp3) is 1.00. The Bertz CT molecular complexity index is 280. The Hall–Kier alpha value is 0.870. The molecule has 0 saturated carbocycles. The number of hydrogen-bond donors (Lipinski definition) is 1. The maximum atomic E-state index is 10.9. The van der Waals surface area contributed by atoms with Gasteiger partial charge in [-0.25, -0.2) is 8.42 Å². The topological polar surface area (TPSA) is 77.4 Å². The molecule has 0 aliphatic heterocycles. The minimum Gasteiger partial charge on any atom is -0.748 e. The molecule has 0 saturated heterocycles. The summed E-state index contributed by atoms with van der Waals surface area (Å²) in [5, 5.41) is 7.91.